The summed E-state index contributed by atoms with van der Waals surface area (Å²) in [5, 5.41) is 5.50. The van der Waals surface area contributed by atoms with Crippen LogP contribution in [0, 0.1) is 0 Å². The summed E-state index contributed by atoms with van der Waals surface area (Å²) < 4.78 is 29.3. The van der Waals surface area contributed by atoms with Gasteiger partial charge in [0, 0.05) is 11.6 Å². The van der Waals surface area contributed by atoms with Crippen LogP contribution in [-0.4, -0.2) is 25.6 Å². The van der Waals surface area contributed by atoms with Crippen molar-refractivity contribution < 1.29 is 18.3 Å². The normalized spacial score (nSPS) is 10.4. The molecule has 0 spiro atoms. The van der Waals surface area contributed by atoms with Crippen molar-refractivity contribution in [2.24, 2.45) is 0 Å². The smallest absolute Gasteiger partial charge is 0.387 e. The molecule has 0 atom stereocenters. The minimum Gasteiger partial charge on any atom is -0.431 e. The maximum absolute atomic E-state index is 12.4. The summed E-state index contributed by atoms with van der Waals surface area (Å²) in [5.74, 6) is -0.596. The zero-order valence-corrected chi connectivity index (χ0v) is 12.6. The van der Waals surface area contributed by atoms with Crippen molar-refractivity contribution in [2.75, 3.05) is 18.4 Å². The lowest BCUT2D eigenvalue weighted by atomic mass is 10.3. The molecular formula is C12H12BrClF2N2O2. The number of amides is 1. The first kappa shape index (κ1) is 16.9. The number of alkyl halides is 2. The molecule has 110 valence electrons. The van der Waals surface area contributed by atoms with Crippen molar-refractivity contribution in [1.82, 2.24) is 5.32 Å². The average Bonchev–Trinajstić information content (AvgIpc) is 2.33. The van der Waals surface area contributed by atoms with Gasteiger partial charge in [-0.05, 0) is 28.1 Å². The van der Waals surface area contributed by atoms with Crippen molar-refractivity contribution in [2.45, 2.75) is 6.61 Å². The van der Waals surface area contributed by atoms with Gasteiger partial charge in [0.15, 0.2) is 5.75 Å². The van der Waals surface area contributed by atoms with Crippen LogP contribution in [0.1, 0.15) is 0 Å². The Morgan fingerprint density at radius 2 is 2.25 bits per heavy atom. The number of benzene rings is 1. The van der Waals surface area contributed by atoms with E-state index in [9.17, 15) is 13.6 Å². The van der Waals surface area contributed by atoms with Gasteiger partial charge in [-0.2, -0.15) is 8.78 Å². The number of hydrogen-bond donors (Lipinski definition) is 2. The Balaban J connectivity index is 2.86. The van der Waals surface area contributed by atoms with Gasteiger partial charge >= 0.3 is 6.61 Å². The summed E-state index contributed by atoms with van der Waals surface area (Å²) in [5.41, 5.74) is 0.0649. The summed E-state index contributed by atoms with van der Waals surface area (Å²) in [4.78, 5) is 11.6. The standard InChI is InChI=1S/C12H12BrClF2N2O2/c1-2-3-17-6-10(19)18-9-5-7(14)4-8(13)11(9)20-12(15)16/h2,4-5,12,17H,1,3,6H2,(H,18,19). The molecule has 1 rings (SSSR count). The van der Waals surface area contributed by atoms with Crippen LogP contribution in [0.15, 0.2) is 29.3 Å². The van der Waals surface area contributed by atoms with Crippen LogP contribution in [0.5, 0.6) is 5.75 Å². The number of carbonyl (C=O) groups excluding carboxylic acids is 1. The van der Waals surface area contributed by atoms with E-state index in [0.717, 1.165) is 0 Å². The van der Waals surface area contributed by atoms with Crippen molar-refractivity contribution in [1.29, 1.82) is 0 Å². The number of anilines is 1. The second-order valence-electron chi connectivity index (χ2n) is 3.61. The molecule has 0 aliphatic rings. The molecule has 0 unspecified atom stereocenters. The molecule has 1 aromatic carbocycles. The molecule has 0 aliphatic heterocycles. The fourth-order valence-electron chi connectivity index (χ4n) is 1.34. The van der Waals surface area contributed by atoms with Gasteiger partial charge in [-0.3, -0.25) is 4.79 Å². The third kappa shape index (κ3) is 5.44. The van der Waals surface area contributed by atoms with E-state index in [1.807, 2.05) is 0 Å². The second-order valence-corrected chi connectivity index (χ2v) is 4.90. The van der Waals surface area contributed by atoms with Crippen LogP contribution in [-0.2, 0) is 4.79 Å². The van der Waals surface area contributed by atoms with Crippen LogP contribution in [0.3, 0.4) is 0 Å². The lowest BCUT2D eigenvalue weighted by Gasteiger charge is -2.14. The summed E-state index contributed by atoms with van der Waals surface area (Å²) in [6.45, 7) is 0.934. The molecule has 20 heavy (non-hydrogen) atoms. The molecular weight excluding hydrogens is 357 g/mol. The van der Waals surface area contributed by atoms with Crippen LogP contribution in [0.2, 0.25) is 5.02 Å². The molecule has 1 amide bonds. The summed E-state index contributed by atoms with van der Waals surface area (Å²) in [7, 11) is 0. The van der Waals surface area contributed by atoms with E-state index in [0.29, 0.717) is 6.54 Å². The van der Waals surface area contributed by atoms with E-state index < -0.39 is 12.5 Å². The number of hydrogen-bond acceptors (Lipinski definition) is 3. The number of rotatable bonds is 7. The predicted octanol–water partition coefficient (Wildman–Crippen LogP) is 3.42. The highest BCUT2D eigenvalue weighted by Gasteiger charge is 2.16. The molecule has 1 aromatic rings. The molecule has 0 fully saturated rings. The first-order valence-electron chi connectivity index (χ1n) is 5.49. The lowest BCUT2D eigenvalue weighted by molar-refractivity contribution is -0.115. The lowest BCUT2D eigenvalue weighted by Crippen LogP contribution is -2.28. The predicted molar refractivity (Wildman–Crippen MR) is 77.5 cm³/mol. The van der Waals surface area contributed by atoms with E-state index in [-0.39, 0.29) is 27.5 Å². The average molecular weight is 370 g/mol. The molecule has 0 aromatic heterocycles. The van der Waals surface area contributed by atoms with E-state index in [1.54, 1.807) is 6.08 Å². The van der Waals surface area contributed by atoms with Gasteiger partial charge < -0.3 is 15.4 Å². The fraction of sp³-hybridized carbons (Fsp3) is 0.250. The van der Waals surface area contributed by atoms with Gasteiger partial charge in [0.1, 0.15) is 0 Å². The van der Waals surface area contributed by atoms with Gasteiger partial charge in [-0.1, -0.05) is 17.7 Å². The molecule has 8 heteroatoms. The largest absolute Gasteiger partial charge is 0.431 e. The molecule has 0 bridgehead atoms. The zero-order valence-electron chi connectivity index (χ0n) is 10.3. The van der Waals surface area contributed by atoms with Gasteiger partial charge in [0.25, 0.3) is 0 Å². The Labute approximate surface area is 128 Å². The third-order valence-electron chi connectivity index (χ3n) is 2.06. The molecule has 0 heterocycles. The topological polar surface area (TPSA) is 50.4 Å². The Bertz CT molecular complexity index is 501. The minimum absolute atomic E-state index is 0.00424. The van der Waals surface area contributed by atoms with Crippen molar-refractivity contribution in [3.8, 4) is 5.75 Å². The van der Waals surface area contributed by atoms with Gasteiger partial charge in [-0.15, -0.1) is 6.58 Å². The summed E-state index contributed by atoms with van der Waals surface area (Å²) >= 11 is 8.87. The van der Waals surface area contributed by atoms with Crippen molar-refractivity contribution in [3.05, 3.63) is 34.3 Å². The molecule has 4 nitrogen and oxygen atoms in total. The quantitative estimate of drug-likeness (QED) is 0.572. The van der Waals surface area contributed by atoms with Crippen molar-refractivity contribution >= 4 is 39.1 Å². The Morgan fingerprint density at radius 1 is 1.55 bits per heavy atom. The first-order chi connectivity index (χ1) is 9.43. The van der Waals surface area contributed by atoms with Crippen LogP contribution >= 0.6 is 27.5 Å². The van der Waals surface area contributed by atoms with Crippen LogP contribution in [0.25, 0.3) is 0 Å². The molecule has 0 radical (unpaired) electrons. The third-order valence-corrected chi connectivity index (χ3v) is 2.87. The fourth-order valence-corrected chi connectivity index (χ4v) is 2.25. The van der Waals surface area contributed by atoms with Crippen LogP contribution in [0.4, 0.5) is 14.5 Å². The summed E-state index contributed by atoms with van der Waals surface area (Å²) in [6, 6.07) is 2.72. The molecule has 0 saturated carbocycles. The molecule has 2 N–H and O–H groups in total. The van der Waals surface area contributed by atoms with Gasteiger partial charge in [-0.25, -0.2) is 0 Å². The van der Waals surface area contributed by atoms with E-state index in [4.69, 9.17) is 11.6 Å². The van der Waals surface area contributed by atoms with E-state index in [1.165, 1.54) is 12.1 Å². The summed E-state index contributed by atoms with van der Waals surface area (Å²) in [6.07, 6.45) is 1.59. The highest BCUT2D eigenvalue weighted by Crippen LogP contribution is 2.37. The highest BCUT2D eigenvalue weighted by molar-refractivity contribution is 9.10. The Kier molecular flexibility index (Phi) is 6.90. The minimum atomic E-state index is -3.01. The Hall–Kier alpha value is -1.18. The highest BCUT2D eigenvalue weighted by atomic mass is 79.9. The van der Waals surface area contributed by atoms with Gasteiger partial charge in [0.2, 0.25) is 5.91 Å². The van der Waals surface area contributed by atoms with Gasteiger partial charge in [0.05, 0.1) is 16.7 Å². The number of ether oxygens (including phenoxy) is 1. The number of halogens is 4. The Morgan fingerprint density at radius 3 is 2.85 bits per heavy atom. The van der Waals surface area contributed by atoms with Crippen LogP contribution < -0.4 is 15.4 Å². The molecule has 0 saturated heterocycles. The van der Waals surface area contributed by atoms with E-state index >= 15 is 0 Å². The maximum atomic E-state index is 12.4. The zero-order chi connectivity index (χ0) is 15.1. The first-order valence-corrected chi connectivity index (χ1v) is 6.66. The monoisotopic (exact) mass is 368 g/mol. The van der Waals surface area contributed by atoms with E-state index in [2.05, 4.69) is 37.9 Å². The SMILES string of the molecule is C=CCNCC(=O)Nc1cc(Cl)cc(Br)c1OC(F)F. The number of carbonyl (C=O) groups is 1. The number of nitrogens with one attached hydrogen (secondary N) is 2. The van der Waals surface area contributed by atoms with Crippen molar-refractivity contribution in [3.63, 3.8) is 0 Å². The second kappa shape index (κ2) is 8.18. The maximum Gasteiger partial charge on any atom is 0.387 e. The molecule has 0 aliphatic carbocycles.